The van der Waals surface area contributed by atoms with E-state index < -0.39 is 15.6 Å². The van der Waals surface area contributed by atoms with Crippen LogP contribution in [0.25, 0.3) is 0 Å². The molecule has 0 radical (unpaired) electrons. The van der Waals surface area contributed by atoms with E-state index in [2.05, 4.69) is 4.72 Å². The van der Waals surface area contributed by atoms with Crippen LogP contribution >= 0.6 is 0 Å². The molecule has 20 heavy (non-hydrogen) atoms. The zero-order valence-corrected chi connectivity index (χ0v) is 13.0. The Hall–Kier alpha value is -1.11. The molecule has 1 fully saturated rings. The molecule has 0 spiro atoms. The molecule has 1 unspecified atom stereocenters. The summed E-state index contributed by atoms with van der Waals surface area (Å²) in [5.41, 5.74) is 7.18. The molecule has 0 saturated carbocycles. The minimum absolute atomic E-state index is 0.277. The Kier molecular flexibility index (Phi) is 4.09. The van der Waals surface area contributed by atoms with Gasteiger partial charge in [-0.05, 0) is 50.8 Å². The van der Waals surface area contributed by atoms with Gasteiger partial charge in [0.1, 0.15) is 0 Å². The highest BCUT2D eigenvalue weighted by atomic mass is 32.2. The third-order valence-corrected chi connectivity index (χ3v) is 5.54. The number of hydrogen-bond donors (Lipinski definition) is 2. The normalized spacial score (nSPS) is 23.1. The Bertz CT molecular complexity index is 605. The van der Waals surface area contributed by atoms with Gasteiger partial charge in [-0.3, -0.25) is 0 Å². The molecule has 1 aliphatic rings. The number of sulfonamides is 1. The summed E-state index contributed by atoms with van der Waals surface area (Å²) in [6.07, 6.45) is 1.83. The number of nitrogens with one attached hydrogen (secondary N) is 1. The summed E-state index contributed by atoms with van der Waals surface area (Å²) in [4.78, 5) is 0.277. The largest absolute Gasteiger partial charge is 0.398 e. The Morgan fingerprint density at radius 3 is 2.70 bits per heavy atom. The monoisotopic (exact) mass is 298 g/mol. The Balaban J connectivity index is 2.25. The Morgan fingerprint density at radius 1 is 1.40 bits per heavy atom. The second-order valence-electron chi connectivity index (χ2n) is 5.65. The molecule has 112 valence electrons. The van der Waals surface area contributed by atoms with Gasteiger partial charge in [-0.25, -0.2) is 13.1 Å². The summed E-state index contributed by atoms with van der Waals surface area (Å²) >= 11 is 0. The van der Waals surface area contributed by atoms with Gasteiger partial charge in [-0.1, -0.05) is 6.07 Å². The molecule has 0 bridgehead atoms. The molecule has 0 amide bonds. The van der Waals surface area contributed by atoms with E-state index in [0.717, 1.165) is 12.8 Å². The molecule has 6 heteroatoms. The van der Waals surface area contributed by atoms with Crippen LogP contribution in [0.3, 0.4) is 0 Å². The number of hydrogen-bond acceptors (Lipinski definition) is 4. The molecule has 2 rings (SSSR count). The van der Waals surface area contributed by atoms with E-state index in [1.807, 2.05) is 6.92 Å². The highest BCUT2D eigenvalue weighted by Crippen LogP contribution is 2.27. The van der Waals surface area contributed by atoms with Crippen LogP contribution < -0.4 is 10.5 Å². The van der Waals surface area contributed by atoms with E-state index >= 15 is 0 Å². The predicted octanol–water partition coefficient (Wildman–Crippen LogP) is 1.73. The minimum atomic E-state index is -3.58. The lowest BCUT2D eigenvalue weighted by molar-refractivity contribution is 0.0250. The van der Waals surface area contributed by atoms with Crippen molar-refractivity contribution in [1.82, 2.24) is 4.72 Å². The number of aryl methyl sites for hydroxylation is 1. The van der Waals surface area contributed by atoms with Crippen molar-refractivity contribution in [3.63, 3.8) is 0 Å². The van der Waals surface area contributed by atoms with Crippen molar-refractivity contribution < 1.29 is 13.2 Å². The molecule has 1 atom stereocenters. The number of nitrogen functional groups attached to an aromatic ring is 1. The first-order chi connectivity index (χ1) is 9.25. The quantitative estimate of drug-likeness (QED) is 0.830. The van der Waals surface area contributed by atoms with Crippen molar-refractivity contribution in [2.75, 3.05) is 18.9 Å². The number of anilines is 1. The number of ether oxygens (including phenoxy) is 1. The standard InChI is InChI=1S/C14H22N2O3S/c1-10-5-6-12(15)11(2)13(10)20(17,18)16-9-14(3)7-4-8-19-14/h5-6,16H,4,7-9,15H2,1-3H3. The fourth-order valence-electron chi connectivity index (χ4n) is 2.55. The maximum Gasteiger partial charge on any atom is 0.241 e. The SMILES string of the molecule is Cc1ccc(N)c(C)c1S(=O)(=O)NCC1(C)CCCO1. The van der Waals surface area contributed by atoms with Crippen LogP contribution in [-0.2, 0) is 14.8 Å². The molecular formula is C14H22N2O3S. The van der Waals surface area contributed by atoms with Crippen molar-refractivity contribution in [3.8, 4) is 0 Å². The average Bonchev–Trinajstić information content (AvgIpc) is 2.80. The third-order valence-electron chi connectivity index (χ3n) is 3.85. The first-order valence-electron chi connectivity index (χ1n) is 6.74. The van der Waals surface area contributed by atoms with Gasteiger partial charge >= 0.3 is 0 Å². The molecule has 1 aromatic rings. The summed E-state index contributed by atoms with van der Waals surface area (Å²) in [6.45, 7) is 6.40. The van der Waals surface area contributed by atoms with Crippen LogP contribution in [0.2, 0.25) is 0 Å². The van der Waals surface area contributed by atoms with Crippen molar-refractivity contribution in [2.24, 2.45) is 0 Å². The molecule has 0 aromatic heterocycles. The first kappa shape index (κ1) is 15.3. The van der Waals surface area contributed by atoms with Crippen molar-refractivity contribution in [2.45, 2.75) is 44.1 Å². The highest BCUT2D eigenvalue weighted by Gasteiger charge is 2.32. The van der Waals surface area contributed by atoms with Crippen LogP contribution in [0.4, 0.5) is 5.69 Å². The molecule has 1 heterocycles. The topological polar surface area (TPSA) is 81.4 Å². The third kappa shape index (κ3) is 2.97. The van der Waals surface area contributed by atoms with Crippen LogP contribution in [-0.4, -0.2) is 27.2 Å². The predicted molar refractivity (Wildman–Crippen MR) is 79.1 cm³/mol. The van der Waals surface area contributed by atoms with Crippen molar-refractivity contribution in [1.29, 1.82) is 0 Å². The summed E-state index contributed by atoms with van der Waals surface area (Å²) < 4.78 is 33.3. The molecular weight excluding hydrogens is 276 g/mol. The Labute approximate surface area is 120 Å². The van der Waals surface area contributed by atoms with Crippen LogP contribution in [0.1, 0.15) is 30.9 Å². The molecule has 1 aliphatic heterocycles. The van der Waals surface area contributed by atoms with Gasteiger partial charge in [-0.2, -0.15) is 0 Å². The van der Waals surface area contributed by atoms with E-state index in [0.29, 0.717) is 23.4 Å². The maximum absolute atomic E-state index is 12.5. The van der Waals surface area contributed by atoms with Gasteiger partial charge in [0.15, 0.2) is 0 Å². The summed E-state index contributed by atoms with van der Waals surface area (Å²) in [5, 5.41) is 0. The first-order valence-corrected chi connectivity index (χ1v) is 8.23. The number of nitrogens with two attached hydrogens (primary N) is 1. The van der Waals surface area contributed by atoms with Crippen molar-refractivity contribution in [3.05, 3.63) is 23.3 Å². The lowest BCUT2D eigenvalue weighted by atomic mass is 10.0. The van der Waals surface area contributed by atoms with Crippen molar-refractivity contribution >= 4 is 15.7 Å². The molecule has 3 N–H and O–H groups in total. The second-order valence-corrected chi connectivity index (χ2v) is 7.36. The minimum Gasteiger partial charge on any atom is -0.398 e. The van der Waals surface area contributed by atoms with Gasteiger partial charge < -0.3 is 10.5 Å². The van der Waals surface area contributed by atoms with Crippen LogP contribution in [0, 0.1) is 13.8 Å². The average molecular weight is 298 g/mol. The second kappa shape index (κ2) is 5.35. The number of benzene rings is 1. The molecule has 1 saturated heterocycles. The zero-order chi connectivity index (χ0) is 15.0. The molecule has 0 aliphatic carbocycles. The van der Waals surface area contributed by atoms with Gasteiger partial charge in [0.05, 0.1) is 10.5 Å². The van der Waals surface area contributed by atoms with E-state index in [-0.39, 0.29) is 11.4 Å². The van der Waals surface area contributed by atoms with Crippen LogP contribution in [0.15, 0.2) is 17.0 Å². The lowest BCUT2D eigenvalue weighted by Gasteiger charge is -2.24. The number of rotatable bonds is 4. The summed E-state index contributed by atoms with van der Waals surface area (Å²) in [5.74, 6) is 0. The van der Waals surface area contributed by atoms with E-state index in [9.17, 15) is 8.42 Å². The fourth-order valence-corrected chi connectivity index (χ4v) is 4.20. The molecule has 1 aromatic carbocycles. The van der Waals surface area contributed by atoms with E-state index in [4.69, 9.17) is 10.5 Å². The Morgan fingerprint density at radius 2 is 2.10 bits per heavy atom. The summed E-state index contributed by atoms with van der Waals surface area (Å²) in [7, 11) is -3.58. The van der Waals surface area contributed by atoms with Gasteiger partial charge in [0, 0.05) is 18.8 Å². The maximum atomic E-state index is 12.5. The van der Waals surface area contributed by atoms with E-state index in [1.165, 1.54) is 0 Å². The highest BCUT2D eigenvalue weighted by molar-refractivity contribution is 7.89. The van der Waals surface area contributed by atoms with Gasteiger partial charge in [-0.15, -0.1) is 0 Å². The van der Waals surface area contributed by atoms with E-state index in [1.54, 1.807) is 26.0 Å². The summed E-state index contributed by atoms with van der Waals surface area (Å²) in [6, 6.07) is 3.45. The lowest BCUT2D eigenvalue weighted by Crippen LogP contribution is -2.40. The molecule has 5 nitrogen and oxygen atoms in total. The fraction of sp³-hybridized carbons (Fsp3) is 0.571. The van der Waals surface area contributed by atoms with Crippen LogP contribution in [0.5, 0.6) is 0 Å². The zero-order valence-electron chi connectivity index (χ0n) is 12.2. The van der Waals surface area contributed by atoms with Gasteiger partial charge in [0.25, 0.3) is 0 Å². The smallest absolute Gasteiger partial charge is 0.241 e. The van der Waals surface area contributed by atoms with Gasteiger partial charge in [0.2, 0.25) is 10.0 Å².